The topological polar surface area (TPSA) is 70.9 Å². The van der Waals surface area contributed by atoms with E-state index in [0.29, 0.717) is 46.1 Å². The Labute approximate surface area is 200 Å². The Balaban J connectivity index is 1.64. The number of aromatic amines is 1. The number of H-pyrrole nitrogens is 1. The van der Waals surface area contributed by atoms with Crippen molar-refractivity contribution in [1.82, 2.24) is 9.97 Å². The van der Waals surface area contributed by atoms with Gasteiger partial charge in [0.25, 0.3) is 0 Å². The first kappa shape index (κ1) is 22.1. The number of nitrogens with zero attached hydrogens (tertiary/aromatic N) is 2. The molecule has 0 radical (unpaired) electrons. The Kier molecular flexibility index (Phi) is 6.58. The number of methoxy groups -OCH3 is 1. The number of imidazole rings is 1. The van der Waals surface area contributed by atoms with Gasteiger partial charge in [-0.3, -0.25) is 0 Å². The minimum Gasteiger partial charge on any atom is -0.493 e. The van der Waals surface area contributed by atoms with Crippen LogP contribution in [0.15, 0.2) is 63.5 Å². The third-order valence-corrected chi connectivity index (χ3v) is 5.93. The predicted molar refractivity (Wildman–Crippen MR) is 129 cm³/mol. The molecule has 1 N–H and O–H groups in total. The minimum atomic E-state index is -0.374. The van der Waals surface area contributed by atoms with Gasteiger partial charge in [-0.05, 0) is 59.7 Å². The Bertz CT molecular complexity index is 1360. The first-order valence-electron chi connectivity index (χ1n) is 9.49. The molecule has 4 aromatic rings. The van der Waals surface area contributed by atoms with Crippen LogP contribution in [0.4, 0.5) is 4.39 Å². The van der Waals surface area contributed by atoms with Crippen molar-refractivity contribution >= 4 is 54.5 Å². The van der Waals surface area contributed by atoms with Crippen molar-refractivity contribution in [3.05, 3.63) is 86.3 Å². The van der Waals surface area contributed by atoms with Gasteiger partial charge in [-0.2, -0.15) is 5.26 Å². The van der Waals surface area contributed by atoms with Crippen molar-refractivity contribution in [3.63, 3.8) is 0 Å². The fraction of sp³-hybridized carbons (Fsp3) is 0.0833. The van der Waals surface area contributed by atoms with E-state index in [1.54, 1.807) is 31.4 Å². The van der Waals surface area contributed by atoms with Crippen LogP contribution in [0, 0.1) is 17.1 Å². The van der Waals surface area contributed by atoms with Gasteiger partial charge in [0, 0.05) is 8.95 Å². The molecule has 0 fully saturated rings. The van der Waals surface area contributed by atoms with Crippen LogP contribution in [-0.2, 0) is 6.61 Å². The zero-order chi connectivity index (χ0) is 22.7. The van der Waals surface area contributed by atoms with Crippen LogP contribution in [0.2, 0.25) is 0 Å². The molecule has 5 nitrogen and oxygen atoms in total. The summed E-state index contributed by atoms with van der Waals surface area (Å²) in [5, 5.41) is 9.70. The van der Waals surface area contributed by atoms with Gasteiger partial charge < -0.3 is 14.5 Å². The summed E-state index contributed by atoms with van der Waals surface area (Å²) in [6.45, 7) is 0.379. The Morgan fingerprint density at radius 3 is 2.62 bits per heavy atom. The summed E-state index contributed by atoms with van der Waals surface area (Å²) >= 11 is 6.96. The second-order valence-electron chi connectivity index (χ2n) is 6.86. The summed E-state index contributed by atoms with van der Waals surface area (Å²) < 4.78 is 26.6. The quantitative estimate of drug-likeness (QED) is 0.263. The molecule has 0 aliphatic heterocycles. The summed E-state index contributed by atoms with van der Waals surface area (Å²) in [5.74, 6) is 1.08. The monoisotopic (exact) mass is 555 g/mol. The van der Waals surface area contributed by atoms with Crippen molar-refractivity contribution < 1.29 is 13.9 Å². The third-order valence-electron chi connectivity index (χ3n) is 4.71. The average Bonchev–Trinajstić information content (AvgIpc) is 3.21. The van der Waals surface area contributed by atoms with Crippen LogP contribution in [0.1, 0.15) is 17.0 Å². The van der Waals surface area contributed by atoms with Crippen molar-refractivity contribution in [1.29, 1.82) is 5.26 Å². The van der Waals surface area contributed by atoms with Gasteiger partial charge in [0.1, 0.15) is 24.3 Å². The molecule has 160 valence electrons. The highest BCUT2D eigenvalue weighted by Crippen LogP contribution is 2.36. The van der Waals surface area contributed by atoms with E-state index in [1.165, 1.54) is 12.1 Å². The minimum absolute atomic E-state index is 0.299. The zero-order valence-electron chi connectivity index (χ0n) is 16.8. The summed E-state index contributed by atoms with van der Waals surface area (Å²) in [7, 11) is 1.56. The molecule has 0 atom stereocenters. The molecule has 4 rings (SSSR count). The molecule has 1 aromatic heterocycles. The highest BCUT2D eigenvalue weighted by atomic mass is 79.9. The van der Waals surface area contributed by atoms with Crippen molar-refractivity contribution in [2.24, 2.45) is 0 Å². The molecule has 0 amide bonds. The summed E-state index contributed by atoms with van der Waals surface area (Å²) in [6.07, 6.45) is 1.68. The van der Waals surface area contributed by atoms with E-state index in [1.807, 2.05) is 24.3 Å². The highest BCUT2D eigenvalue weighted by molar-refractivity contribution is 9.10. The lowest BCUT2D eigenvalue weighted by molar-refractivity contribution is 0.284. The molecule has 32 heavy (non-hydrogen) atoms. The number of aromatic nitrogens is 2. The smallest absolute Gasteiger partial charge is 0.162 e. The van der Waals surface area contributed by atoms with Gasteiger partial charge in [-0.1, -0.05) is 44.0 Å². The number of allylic oxidation sites excluding steroid dienone is 1. The standard InChI is InChI=1S/C24H16Br2FN3O2/c1-31-22-9-15(19(26)11-23(22)32-13-14-2-4-17(25)5-3-14)8-16(12-28)24-29-20-7-6-18(27)10-21(20)30-24/h2-11H,13H2,1H3,(H,29,30)/b16-8-. The maximum absolute atomic E-state index is 13.5. The SMILES string of the molecule is COc1cc(/C=C(/C#N)c2nc3ccc(F)cc3[nH]2)c(Br)cc1OCc1ccc(Br)cc1. The van der Waals surface area contributed by atoms with Gasteiger partial charge in [-0.25, -0.2) is 9.37 Å². The summed E-state index contributed by atoms with van der Waals surface area (Å²) in [4.78, 5) is 7.39. The Morgan fingerprint density at radius 1 is 1.12 bits per heavy atom. The van der Waals surface area contributed by atoms with Gasteiger partial charge in [0.15, 0.2) is 11.5 Å². The second kappa shape index (κ2) is 9.55. The molecule has 0 unspecified atom stereocenters. The lowest BCUT2D eigenvalue weighted by atomic mass is 10.1. The van der Waals surface area contributed by atoms with Gasteiger partial charge in [0.05, 0.1) is 23.7 Å². The van der Waals surface area contributed by atoms with Crippen LogP contribution in [0.25, 0.3) is 22.7 Å². The van der Waals surface area contributed by atoms with Crippen LogP contribution in [0.3, 0.4) is 0 Å². The summed E-state index contributed by atoms with van der Waals surface area (Å²) in [5.41, 5.74) is 3.13. The van der Waals surface area contributed by atoms with Gasteiger partial charge in [-0.15, -0.1) is 0 Å². The van der Waals surface area contributed by atoms with Crippen molar-refractivity contribution in [3.8, 4) is 17.6 Å². The van der Waals surface area contributed by atoms with E-state index in [9.17, 15) is 9.65 Å². The predicted octanol–water partition coefficient (Wildman–Crippen LogP) is 6.88. The van der Waals surface area contributed by atoms with Crippen LogP contribution in [0.5, 0.6) is 11.5 Å². The molecule has 0 aliphatic carbocycles. The van der Waals surface area contributed by atoms with Crippen LogP contribution < -0.4 is 9.47 Å². The number of hydrogen-bond acceptors (Lipinski definition) is 4. The molecule has 0 bridgehead atoms. The Hall–Kier alpha value is -3.15. The fourth-order valence-electron chi connectivity index (χ4n) is 3.09. The largest absolute Gasteiger partial charge is 0.493 e. The van der Waals surface area contributed by atoms with Gasteiger partial charge in [0.2, 0.25) is 0 Å². The average molecular weight is 557 g/mol. The van der Waals surface area contributed by atoms with E-state index < -0.39 is 0 Å². The first-order chi connectivity index (χ1) is 15.5. The molecule has 0 spiro atoms. The highest BCUT2D eigenvalue weighted by Gasteiger charge is 2.13. The molecular weight excluding hydrogens is 541 g/mol. The summed E-state index contributed by atoms with van der Waals surface area (Å²) in [6, 6.07) is 17.8. The van der Waals surface area contributed by atoms with Crippen LogP contribution in [-0.4, -0.2) is 17.1 Å². The van der Waals surface area contributed by atoms with Crippen LogP contribution >= 0.6 is 31.9 Å². The van der Waals surface area contributed by atoms with E-state index in [2.05, 4.69) is 47.9 Å². The number of hydrogen-bond donors (Lipinski definition) is 1. The zero-order valence-corrected chi connectivity index (χ0v) is 20.0. The number of benzene rings is 3. The van der Waals surface area contributed by atoms with E-state index in [-0.39, 0.29) is 5.82 Å². The lowest BCUT2D eigenvalue weighted by Crippen LogP contribution is -1.98. The first-order valence-corrected chi connectivity index (χ1v) is 11.1. The molecule has 0 saturated heterocycles. The number of ether oxygens (including phenoxy) is 2. The van der Waals surface area contributed by atoms with Crippen molar-refractivity contribution in [2.45, 2.75) is 6.61 Å². The Morgan fingerprint density at radius 2 is 1.91 bits per heavy atom. The molecule has 8 heteroatoms. The molecule has 1 heterocycles. The lowest BCUT2D eigenvalue weighted by Gasteiger charge is -2.13. The maximum atomic E-state index is 13.5. The third kappa shape index (κ3) is 4.85. The maximum Gasteiger partial charge on any atom is 0.162 e. The van der Waals surface area contributed by atoms with Gasteiger partial charge >= 0.3 is 0 Å². The number of halogens is 3. The number of nitrogens with one attached hydrogen (secondary N) is 1. The molecular formula is C24H16Br2FN3O2. The number of nitriles is 1. The van der Waals surface area contributed by atoms with E-state index >= 15 is 0 Å². The second-order valence-corrected chi connectivity index (χ2v) is 8.63. The van der Waals surface area contributed by atoms with Crippen molar-refractivity contribution in [2.75, 3.05) is 7.11 Å². The normalized spacial score (nSPS) is 11.4. The fourth-order valence-corrected chi connectivity index (χ4v) is 3.80. The number of rotatable bonds is 6. The van der Waals surface area contributed by atoms with E-state index in [0.717, 1.165) is 14.5 Å². The number of fused-ring (bicyclic) bond motifs is 1. The molecule has 0 aliphatic rings. The van der Waals surface area contributed by atoms with E-state index in [4.69, 9.17) is 9.47 Å². The molecule has 3 aromatic carbocycles. The molecule has 0 saturated carbocycles.